The maximum Gasteiger partial charge on any atom is 0.277 e. The predicted octanol–water partition coefficient (Wildman–Crippen LogP) is 4.53. The van der Waals surface area contributed by atoms with Crippen LogP contribution in [-0.2, 0) is 4.79 Å². The number of carbonyl (C=O) groups excluding carboxylic acids is 1. The molecule has 0 saturated heterocycles. The fourth-order valence-corrected chi connectivity index (χ4v) is 1.59. The van der Waals surface area contributed by atoms with Crippen molar-refractivity contribution in [2.45, 2.75) is 34.6 Å². The first kappa shape index (κ1) is 18.8. The van der Waals surface area contributed by atoms with Crippen LogP contribution in [0.5, 0.6) is 0 Å². The van der Waals surface area contributed by atoms with Gasteiger partial charge in [0.15, 0.2) is 0 Å². The normalized spacial score (nSPS) is 15.3. The number of allylic oxidation sites excluding steroid dienone is 1. The second-order valence-corrected chi connectivity index (χ2v) is 3.75. The molecular formula is C18H26N2O. The van der Waals surface area contributed by atoms with Gasteiger partial charge in [-0.1, -0.05) is 70.2 Å². The Morgan fingerprint density at radius 1 is 1.00 bits per heavy atom. The number of likely N-dealkylation sites (N-methyl/N-ethyl adjacent to an activating group) is 1. The lowest BCUT2D eigenvalue weighted by Crippen LogP contribution is -2.26. The molecule has 0 N–H and O–H groups in total. The van der Waals surface area contributed by atoms with Crippen molar-refractivity contribution in [3.8, 4) is 0 Å². The molecule has 1 aromatic carbocycles. The molecule has 0 spiro atoms. The number of aliphatic imine (C=N–C) groups is 1. The van der Waals surface area contributed by atoms with Gasteiger partial charge in [0, 0.05) is 7.05 Å². The zero-order chi connectivity index (χ0) is 16.3. The van der Waals surface area contributed by atoms with E-state index in [0.29, 0.717) is 11.5 Å². The summed E-state index contributed by atoms with van der Waals surface area (Å²) < 4.78 is 0. The van der Waals surface area contributed by atoms with Crippen molar-refractivity contribution >= 4 is 17.8 Å². The first-order valence-corrected chi connectivity index (χ1v) is 7.48. The van der Waals surface area contributed by atoms with Gasteiger partial charge in [0.1, 0.15) is 11.5 Å². The molecule has 0 radical (unpaired) electrons. The Hall–Kier alpha value is -2.16. The van der Waals surface area contributed by atoms with Crippen LogP contribution in [0.1, 0.15) is 40.2 Å². The van der Waals surface area contributed by atoms with E-state index in [9.17, 15) is 4.79 Å². The number of rotatable bonds is 2. The van der Waals surface area contributed by atoms with Gasteiger partial charge in [-0.2, -0.15) is 0 Å². The molecule has 1 heterocycles. The van der Waals surface area contributed by atoms with Crippen LogP contribution in [0.25, 0.3) is 6.08 Å². The summed E-state index contributed by atoms with van der Waals surface area (Å²) in [6, 6.07) is 9.93. The highest BCUT2D eigenvalue weighted by Crippen LogP contribution is 2.14. The fourth-order valence-electron chi connectivity index (χ4n) is 1.59. The first-order valence-electron chi connectivity index (χ1n) is 7.48. The van der Waals surface area contributed by atoms with Crippen LogP contribution in [0, 0.1) is 0 Å². The third kappa shape index (κ3) is 5.38. The lowest BCUT2D eigenvalue weighted by Gasteiger charge is -2.07. The zero-order valence-corrected chi connectivity index (χ0v) is 13.9. The maximum absolute atomic E-state index is 11.7. The lowest BCUT2D eigenvalue weighted by atomic mass is 10.2. The molecule has 0 aliphatic carbocycles. The third-order valence-electron chi connectivity index (χ3n) is 2.60. The molecule has 0 bridgehead atoms. The van der Waals surface area contributed by atoms with Gasteiger partial charge in [0.25, 0.3) is 5.91 Å². The van der Waals surface area contributed by atoms with E-state index < -0.39 is 0 Å². The second-order valence-electron chi connectivity index (χ2n) is 3.75. The standard InChI is InChI=1S/C14H14N2O.2C2H6/c1-3-12-14(17)16(2)13(15-12)10-9-11-7-5-4-6-8-11;2*1-2/h3-10H,1-2H3;2*1-2H3/b10-9+,12-3-;;. The molecule has 0 saturated carbocycles. The summed E-state index contributed by atoms with van der Waals surface area (Å²) in [6.45, 7) is 9.81. The Labute approximate surface area is 128 Å². The molecule has 3 nitrogen and oxygen atoms in total. The average molecular weight is 286 g/mol. The monoisotopic (exact) mass is 286 g/mol. The minimum absolute atomic E-state index is 0.0554. The molecular weight excluding hydrogens is 260 g/mol. The Bertz CT molecular complexity index is 513. The average Bonchev–Trinajstić information content (AvgIpc) is 2.85. The van der Waals surface area contributed by atoms with Gasteiger partial charge in [0.05, 0.1) is 0 Å². The van der Waals surface area contributed by atoms with E-state index in [1.54, 1.807) is 18.0 Å². The molecule has 0 aromatic heterocycles. The number of amidine groups is 1. The van der Waals surface area contributed by atoms with E-state index in [2.05, 4.69) is 4.99 Å². The number of hydrogen-bond donors (Lipinski definition) is 0. The van der Waals surface area contributed by atoms with Gasteiger partial charge in [-0.3, -0.25) is 9.69 Å². The summed E-state index contributed by atoms with van der Waals surface area (Å²) in [6.07, 6.45) is 5.52. The number of carbonyl (C=O) groups is 1. The van der Waals surface area contributed by atoms with Gasteiger partial charge in [0.2, 0.25) is 0 Å². The highest BCUT2D eigenvalue weighted by molar-refractivity contribution is 6.16. The minimum Gasteiger partial charge on any atom is -0.294 e. The molecule has 1 aromatic rings. The number of nitrogens with zero attached hydrogens (tertiary/aromatic N) is 2. The van der Waals surface area contributed by atoms with Crippen LogP contribution in [-0.4, -0.2) is 23.7 Å². The molecule has 1 amide bonds. The van der Waals surface area contributed by atoms with E-state index in [1.807, 2.05) is 77.1 Å². The topological polar surface area (TPSA) is 32.7 Å². The van der Waals surface area contributed by atoms with Crippen molar-refractivity contribution < 1.29 is 4.79 Å². The van der Waals surface area contributed by atoms with Crippen molar-refractivity contribution in [3.05, 3.63) is 53.7 Å². The van der Waals surface area contributed by atoms with Gasteiger partial charge < -0.3 is 0 Å². The van der Waals surface area contributed by atoms with Crippen LogP contribution < -0.4 is 0 Å². The Kier molecular flexibility index (Phi) is 9.52. The second kappa shape index (κ2) is 10.6. The van der Waals surface area contributed by atoms with E-state index in [1.165, 1.54) is 0 Å². The Balaban J connectivity index is 0.000000921. The van der Waals surface area contributed by atoms with E-state index in [0.717, 1.165) is 5.56 Å². The SMILES string of the molecule is C/C=C1N=C(/C=C/c2ccccc2)N(C)C\1=O.CC.CC. The third-order valence-corrected chi connectivity index (χ3v) is 2.60. The van der Waals surface area contributed by atoms with Crippen molar-refractivity contribution in [1.29, 1.82) is 0 Å². The highest BCUT2D eigenvalue weighted by atomic mass is 16.2. The molecule has 1 aliphatic rings. The van der Waals surface area contributed by atoms with Crippen molar-refractivity contribution in [2.24, 2.45) is 4.99 Å². The highest BCUT2D eigenvalue weighted by Gasteiger charge is 2.23. The molecule has 1 aliphatic heterocycles. The largest absolute Gasteiger partial charge is 0.294 e. The smallest absolute Gasteiger partial charge is 0.277 e. The summed E-state index contributed by atoms with van der Waals surface area (Å²) in [7, 11) is 1.73. The first-order chi connectivity index (χ1) is 10.2. The molecule has 21 heavy (non-hydrogen) atoms. The Morgan fingerprint density at radius 3 is 2.05 bits per heavy atom. The summed E-state index contributed by atoms with van der Waals surface area (Å²) >= 11 is 0. The Morgan fingerprint density at radius 2 is 1.57 bits per heavy atom. The van der Waals surface area contributed by atoms with Crippen LogP contribution in [0.3, 0.4) is 0 Å². The summed E-state index contributed by atoms with van der Waals surface area (Å²) in [5.41, 5.74) is 1.59. The minimum atomic E-state index is -0.0554. The summed E-state index contributed by atoms with van der Waals surface area (Å²) in [5.74, 6) is 0.618. The number of hydrogen-bond acceptors (Lipinski definition) is 2. The molecule has 114 valence electrons. The van der Waals surface area contributed by atoms with E-state index in [-0.39, 0.29) is 5.91 Å². The summed E-state index contributed by atoms with van der Waals surface area (Å²) in [4.78, 5) is 17.5. The van der Waals surface area contributed by atoms with Crippen molar-refractivity contribution in [3.63, 3.8) is 0 Å². The van der Waals surface area contributed by atoms with Crippen LogP contribution in [0.2, 0.25) is 0 Å². The van der Waals surface area contributed by atoms with E-state index in [4.69, 9.17) is 0 Å². The van der Waals surface area contributed by atoms with Crippen molar-refractivity contribution in [2.75, 3.05) is 7.05 Å². The van der Waals surface area contributed by atoms with Gasteiger partial charge in [-0.15, -0.1) is 0 Å². The lowest BCUT2D eigenvalue weighted by molar-refractivity contribution is -0.121. The fraction of sp³-hybridized carbons (Fsp3) is 0.333. The molecule has 0 fully saturated rings. The van der Waals surface area contributed by atoms with E-state index >= 15 is 0 Å². The molecule has 2 rings (SSSR count). The predicted molar refractivity (Wildman–Crippen MR) is 92.1 cm³/mol. The van der Waals surface area contributed by atoms with Gasteiger partial charge in [-0.05, 0) is 18.6 Å². The molecule has 3 heteroatoms. The quantitative estimate of drug-likeness (QED) is 0.735. The van der Waals surface area contributed by atoms with Crippen LogP contribution in [0.15, 0.2) is 53.2 Å². The number of benzene rings is 1. The number of amides is 1. The molecule has 0 unspecified atom stereocenters. The summed E-state index contributed by atoms with van der Waals surface area (Å²) in [5, 5.41) is 0. The van der Waals surface area contributed by atoms with Crippen molar-refractivity contribution in [1.82, 2.24) is 4.90 Å². The van der Waals surface area contributed by atoms with Gasteiger partial charge >= 0.3 is 0 Å². The maximum atomic E-state index is 11.7. The van der Waals surface area contributed by atoms with Crippen LogP contribution in [0.4, 0.5) is 0 Å². The molecule has 0 atom stereocenters. The zero-order valence-electron chi connectivity index (χ0n) is 13.9. The van der Waals surface area contributed by atoms with Gasteiger partial charge in [-0.25, -0.2) is 4.99 Å². The van der Waals surface area contributed by atoms with Crippen LogP contribution >= 0.6 is 0 Å².